The number of halogens is 1. The van der Waals surface area contributed by atoms with Crippen molar-refractivity contribution in [2.24, 2.45) is 0 Å². The number of para-hydroxylation sites is 1. The van der Waals surface area contributed by atoms with Crippen molar-refractivity contribution in [2.75, 3.05) is 11.1 Å². The van der Waals surface area contributed by atoms with Crippen LogP contribution in [0.1, 0.15) is 18.7 Å². The van der Waals surface area contributed by atoms with Crippen LogP contribution in [0, 0.1) is 0 Å². The zero-order valence-electron chi connectivity index (χ0n) is 14.5. The number of aromatic nitrogens is 1. The lowest BCUT2D eigenvalue weighted by Crippen LogP contribution is -2.35. The number of nitrogens with zero attached hydrogens (tertiary/aromatic N) is 1. The Bertz CT molecular complexity index is 1050. The van der Waals surface area contributed by atoms with Crippen LogP contribution in [0.2, 0.25) is 0 Å². The van der Waals surface area contributed by atoms with Gasteiger partial charge in [0.1, 0.15) is 0 Å². The fraction of sp³-hybridized carbons (Fsp3) is 0.211. The average molecular weight is 452 g/mol. The summed E-state index contributed by atoms with van der Waals surface area (Å²) in [5.41, 5.74) is 2.62. The molecule has 0 aliphatic rings. The number of unbranched alkanes of at least 4 members (excludes halogenated alkanes) is 1. The van der Waals surface area contributed by atoms with Crippen molar-refractivity contribution in [1.82, 2.24) is 0 Å². The Morgan fingerprint density at radius 1 is 1.15 bits per heavy atom. The van der Waals surface area contributed by atoms with Crippen LogP contribution in [0.3, 0.4) is 0 Å². The van der Waals surface area contributed by atoms with Crippen LogP contribution in [-0.4, -0.2) is 18.7 Å². The molecule has 3 aromatic rings. The predicted molar refractivity (Wildman–Crippen MR) is 109 cm³/mol. The number of fused-ring (bicyclic) bond motifs is 1. The second kappa shape index (κ2) is 8.69. The summed E-state index contributed by atoms with van der Waals surface area (Å²) in [7, 11) is -3.93. The standard InChI is InChI=1S/C19H19BrN2O4S/c20-15-8-9-18-17(14-15)22(12-4-5-13-27(23,24)25)19(26-18)10-11-21-16-6-2-1-3-7-16/h1-3,6-11,14H,4-5,12-13H2,(H,23,24,25)/p+1. The van der Waals surface area contributed by atoms with Gasteiger partial charge in [-0.1, -0.05) is 34.1 Å². The zero-order chi connectivity index (χ0) is 19.3. The van der Waals surface area contributed by atoms with Gasteiger partial charge in [-0.2, -0.15) is 13.0 Å². The van der Waals surface area contributed by atoms with Crippen LogP contribution in [-0.2, 0) is 16.7 Å². The van der Waals surface area contributed by atoms with E-state index < -0.39 is 10.1 Å². The number of rotatable bonds is 8. The highest BCUT2D eigenvalue weighted by Crippen LogP contribution is 2.20. The maximum Gasteiger partial charge on any atom is 0.375 e. The summed E-state index contributed by atoms with van der Waals surface area (Å²) >= 11 is 3.47. The number of oxazole rings is 1. The molecule has 3 rings (SSSR count). The summed E-state index contributed by atoms with van der Waals surface area (Å²) in [5.74, 6) is 0.409. The fourth-order valence-electron chi connectivity index (χ4n) is 2.73. The van der Waals surface area contributed by atoms with E-state index in [0.29, 0.717) is 25.3 Å². The van der Waals surface area contributed by atoms with Crippen LogP contribution in [0.4, 0.5) is 5.69 Å². The summed E-state index contributed by atoms with van der Waals surface area (Å²) in [6.07, 6.45) is 4.61. The normalized spacial score (nSPS) is 12.1. The van der Waals surface area contributed by atoms with E-state index in [-0.39, 0.29) is 5.75 Å². The van der Waals surface area contributed by atoms with E-state index in [9.17, 15) is 8.42 Å². The minimum atomic E-state index is -3.93. The third kappa shape index (κ3) is 5.66. The van der Waals surface area contributed by atoms with Crippen molar-refractivity contribution in [1.29, 1.82) is 0 Å². The van der Waals surface area contributed by atoms with Gasteiger partial charge in [0.25, 0.3) is 15.6 Å². The van der Waals surface area contributed by atoms with Crippen molar-refractivity contribution in [3.8, 4) is 0 Å². The number of benzene rings is 2. The molecule has 0 unspecified atom stereocenters. The number of anilines is 1. The summed E-state index contributed by atoms with van der Waals surface area (Å²) in [6.45, 7) is 0.573. The van der Waals surface area contributed by atoms with Gasteiger partial charge >= 0.3 is 5.89 Å². The molecule has 0 bridgehead atoms. The molecular weight excluding hydrogens is 432 g/mol. The number of hydrogen-bond donors (Lipinski definition) is 2. The van der Waals surface area contributed by atoms with E-state index in [2.05, 4.69) is 21.2 Å². The highest BCUT2D eigenvalue weighted by molar-refractivity contribution is 9.10. The maximum absolute atomic E-state index is 10.9. The fourth-order valence-corrected chi connectivity index (χ4v) is 3.64. The Hall–Kier alpha value is -2.16. The molecule has 0 spiro atoms. The Labute approximate surface area is 166 Å². The quantitative estimate of drug-likeness (QED) is 0.304. The number of nitrogens with one attached hydrogen (secondary N) is 1. The van der Waals surface area contributed by atoms with Gasteiger partial charge in [-0.05, 0) is 30.7 Å². The highest BCUT2D eigenvalue weighted by atomic mass is 79.9. The van der Waals surface area contributed by atoms with Crippen LogP contribution in [0.15, 0.2) is 63.6 Å². The summed E-state index contributed by atoms with van der Waals surface area (Å²) in [5, 5.41) is 3.19. The van der Waals surface area contributed by atoms with Crippen LogP contribution in [0.25, 0.3) is 17.2 Å². The summed E-state index contributed by atoms with van der Waals surface area (Å²) < 4.78 is 39.5. The molecule has 6 nitrogen and oxygen atoms in total. The Morgan fingerprint density at radius 3 is 2.67 bits per heavy atom. The van der Waals surface area contributed by atoms with Crippen LogP contribution >= 0.6 is 15.9 Å². The van der Waals surface area contributed by atoms with Crippen molar-refractivity contribution < 1.29 is 22.0 Å². The zero-order valence-corrected chi connectivity index (χ0v) is 16.9. The second-order valence-electron chi connectivity index (χ2n) is 6.04. The molecule has 0 aliphatic carbocycles. The van der Waals surface area contributed by atoms with E-state index in [1.165, 1.54) is 0 Å². The SMILES string of the molecule is O=S(=O)(O)CCCC[n+]1c(C=CNc2ccccc2)oc2ccc(Br)cc21. The monoisotopic (exact) mass is 451 g/mol. The van der Waals surface area contributed by atoms with Gasteiger partial charge in [0.05, 0.1) is 11.8 Å². The molecule has 1 aromatic heterocycles. The second-order valence-corrected chi connectivity index (χ2v) is 8.53. The van der Waals surface area contributed by atoms with Crippen molar-refractivity contribution in [3.05, 3.63) is 65.1 Å². The summed E-state index contributed by atoms with van der Waals surface area (Å²) in [6, 6.07) is 15.5. The van der Waals surface area contributed by atoms with Gasteiger partial charge in [0, 0.05) is 28.8 Å². The Balaban J connectivity index is 1.80. The third-order valence-electron chi connectivity index (χ3n) is 3.98. The first-order valence-corrected chi connectivity index (χ1v) is 10.9. The summed E-state index contributed by atoms with van der Waals surface area (Å²) in [4.78, 5) is 0. The lowest BCUT2D eigenvalue weighted by molar-refractivity contribution is -0.678. The lowest BCUT2D eigenvalue weighted by Gasteiger charge is -1.99. The van der Waals surface area contributed by atoms with Crippen LogP contribution < -0.4 is 9.88 Å². The smallest absolute Gasteiger partial charge is 0.375 e. The molecule has 8 heteroatoms. The van der Waals surface area contributed by atoms with Gasteiger partial charge in [0.2, 0.25) is 5.58 Å². The number of hydrogen-bond acceptors (Lipinski definition) is 4. The highest BCUT2D eigenvalue weighted by Gasteiger charge is 2.21. The number of aryl methyl sites for hydroxylation is 1. The first-order valence-electron chi connectivity index (χ1n) is 8.47. The first-order chi connectivity index (χ1) is 12.9. The molecule has 0 fully saturated rings. The molecular formula is C19H20BrN2O4S+. The Morgan fingerprint density at radius 2 is 1.93 bits per heavy atom. The maximum atomic E-state index is 10.9. The minimum absolute atomic E-state index is 0.242. The van der Waals surface area contributed by atoms with Crippen molar-refractivity contribution >= 4 is 48.9 Å². The minimum Gasteiger partial charge on any atom is -0.398 e. The topological polar surface area (TPSA) is 83.4 Å². The molecule has 142 valence electrons. The van der Waals surface area contributed by atoms with E-state index in [0.717, 1.165) is 21.3 Å². The van der Waals surface area contributed by atoms with E-state index in [1.54, 1.807) is 6.20 Å². The molecule has 27 heavy (non-hydrogen) atoms. The third-order valence-corrected chi connectivity index (χ3v) is 5.27. The van der Waals surface area contributed by atoms with Gasteiger partial charge in [-0.3, -0.25) is 4.55 Å². The largest absolute Gasteiger partial charge is 0.398 e. The molecule has 0 saturated carbocycles. The Kier molecular flexibility index (Phi) is 6.30. The van der Waals surface area contributed by atoms with Gasteiger partial charge < -0.3 is 9.73 Å². The lowest BCUT2D eigenvalue weighted by atomic mass is 10.3. The van der Waals surface area contributed by atoms with E-state index in [1.807, 2.05) is 59.2 Å². The molecule has 0 atom stereocenters. The predicted octanol–water partition coefficient (Wildman–Crippen LogP) is 4.23. The van der Waals surface area contributed by atoms with Crippen LogP contribution in [0.5, 0.6) is 0 Å². The van der Waals surface area contributed by atoms with Gasteiger partial charge in [-0.15, -0.1) is 0 Å². The molecule has 0 saturated heterocycles. The molecule has 1 heterocycles. The molecule has 0 radical (unpaired) electrons. The van der Waals surface area contributed by atoms with Gasteiger partial charge in [0.15, 0.2) is 6.54 Å². The van der Waals surface area contributed by atoms with Crippen molar-refractivity contribution in [2.45, 2.75) is 19.4 Å². The van der Waals surface area contributed by atoms with Crippen molar-refractivity contribution in [3.63, 3.8) is 0 Å². The van der Waals surface area contributed by atoms with E-state index >= 15 is 0 Å². The molecule has 2 N–H and O–H groups in total. The molecule has 0 amide bonds. The average Bonchev–Trinajstić information content (AvgIpc) is 2.96. The first kappa shape index (κ1) is 19.6. The van der Waals surface area contributed by atoms with E-state index in [4.69, 9.17) is 8.97 Å². The molecule has 0 aliphatic heterocycles. The van der Waals surface area contributed by atoms with Gasteiger partial charge in [-0.25, -0.2) is 0 Å². The molecule has 2 aromatic carbocycles.